The minimum Gasteiger partial charge on any atom is -0.397 e. The lowest BCUT2D eigenvalue weighted by Gasteiger charge is -2.16. The van der Waals surface area contributed by atoms with Gasteiger partial charge in [0.1, 0.15) is 5.69 Å². The number of imidazole rings is 1. The Morgan fingerprint density at radius 3 is 2.72 bits per heavy atom. The van der Waals surface area contributed by atoms with E-state index in [0.717, 1.165) is 23.4 Å². The van der Waals surface area contributed by atoms with E-state index in [-0.39, 0.29) is 6.04 Å². The maximum absolute atomic E-state index is 5.97. The van der Waals surface area contributed by atoms with E-state index >= 15 is 0 Å². The van der Waals surface area contributed by atoms with Gasteiger partial charge in [-0.25, -0.2) is 4.98 Å². The first kappa shape index (κ1) is 16.7. The summed E-state index contributed by atoms with van der Waals surface area (Å²) in [4.78, 5) is 8.94. The standard InChI is InChI=1S/C19H22N6/c1-2-19(14-6-4-3-5-7-14)25-12-18(23-13-25)17-10-15(8-9-22-17)16(20)11-24-21/h3-13,19,24H,2,20-21H2,1H3/b16-11-. The number of nitrogens with one attached hydrogen (secondary N) is 1. The zero-order valence-corrected chi connectivity index (χ0v) is 14.1. The quantitative estimate of drug-likeness (QED) is 0.476. The summed E-state index contributed by atoms with van der Waals surface area (Å²) < 4.78 is 2.12. The smallest absolute Gasteiger partial charge is 0.107 e. The maximum Gasteiger partial charge on any atom is 0.107 e. The van der Waals surface area contributed by atoms with Crippen molar-refractivity contribution < 1.29 is 0 Å². The van der Waals surface area contributed by atoms with Crippen molar-refractivity contribution in [3.8, 4) is 11.4 Å². The summed E-state index contributed by atoms with van der Waals surface area (Å²) in [5, 5.41) is 0. The topological polar surface area (TPSA) is 94.8 Å². The zero-order valence-electron chi connectivity index (χ0n) is 14.1. The van der Waals surface area contributed by atoms with E-state index < -0.39 is 0 Å². The Labute approximate surface area is 147 Å². The van der Waals surface area contributed by atoms with Crippen molar-refractivity contribution >= 4 is 5.70 Å². The van der Waals surface area contributed by atoms with E-state index in [9.17, 15) is 0 Å². The van der Waals surface area contributed by atoms with Crippen LogP contribution < -0.4 is 17.0 Å². The molecule has 0 radical (unpaired) electrons. The minimum absolute atomic E-state index is 0.247. The van der Waals surface area contributed by atoms with Gasteiger partial charge in [0.25, 0.3) is 0 Å². The first-order valence-electron chi connectivity index (χ1n) is 8.20. The molecule has 1 unspecified atom stereocenters. The Bertz CT molecular complexity index is 853. The van der Waals surface area contributed by atoms with Crippen LogP contribution in [-0.2, 0) is 0 Å². The van der Waals surface area contributed by atoms with Crippen molar-refractivity contribution in [2.24, 2.45) is 11.6 Å². The molecule has 0 aliphatic heterocycles. The normalized spacial score (nSPS) is 12.8. The van der Waals surface area contributed by atoms with Gasteiger partial charge in [0.2, 0.25) is 0 Å². The third-order valence-corrected chi connectivity index (χ3v) is 4.13. The minimum atomic E-state index is 0.247. The van der Waals surface area contributed by atoms with Gasteiger partial charge in [0.15, 0.2) is 0 Å². The van der Waals surface area contributed by atoms with Crippen LogP contribution >= 0.6 is 0 Å². The fraction of sp³-hybridized carbons (Fsp3) is 0.158. The molecule has 6 nitrogen and oxygen atoms in total. The molecule has 25 heavy (non-hydrogen) atoms. The second-order valence-electron chi connectivity index (χ2n) is 5.74. The Balaban J connectivity index is 1.91. The van der Waals surface area contributed by atoms with Gasteiger partial charge in [-0.05, 0) is 24.1 Å². The number of rotatable bonds is 6. The summed E-state index contributed by atoms with van der Waals surface area (Å²) >= 11 is 0. The first-order chi connectivity index (χ1) is 12.2. The summed E-state index contributed by atoms with van der Waals surface area (Å²) in [6, 6.07) is 14.4. The molecule has 2 heterocycles. The van der Waals surface area contributed by atoms with E-state index in [0.29, 0.717) is 5.70 Å². The van der Waals surface area contributed by atoms with Crippen LogP contribution in [0.2, 0.25) is 0 Å². The second-order valence-corrected chi connectivity index (χ2v) is 5.74. The first-order valence-corrected chi connectivity index (χ1v) is 8.20. The fourth-order valence-corrected chi connectivity index (χ4v) is 2.86. The van der Waals surface area contributed by atoms with Crippen LogP contribution in [-0.4, -0.2) is 14.5 Å². The highest BCUT2D eigenvalue weighted by atomic mass is 15.2. The molecule has 5 N–H and O–H groups in total. The number of hydrazine groups is 1. The van der Waals surface area contributed by atoms with Crippen LogP contribution in [0.5, 0.6) is 0 Å². The van der Waals surface area contributed by atoms with Crippen LogP contribution in [0.1, 0.15) is 30.5 Å². The average Bonchev–Trinajstić information content (AvgIpc) is 3.13. The molecule has 6 heteroatoms. The van der Waals surface area contributed by atoms with Crippen molar-refractivity contribution in [2.75, 3.05) is 0 Å². The molecule has 0 aliphatic rings. The molecular weight excluding hydrogens is 312 g/mol. The molecule has 0 bridgehead atoms. The highest BCUT2D eigenvalue weighted by molar-refractivity contribution is 5.66. The van der Waals surface area contributed by atoms with Crippen molar-refractivity contribution in [2.45, 2.75) is 19.4 Å². The van der Waals surface area contributed by atoms with E-state index in [2.05, 4.69) is 51.2 Å². The van der Waals surface area contributed by atoms with E-state index in [1.807, 2.05) is 30.7 Å². The molecular formula is C19H22N6. The predicted molar refractivity (Wildman–Crippen MR) is 99.8 cm³/mol. The molecule has 0 amide bonds. The van der Waals surface area contributed by atoms with Gasteiger partial charge in [0.05, 0.1) is 23.8 Å². The Morgan fingerprint density at radius 2 is 2.00 bits per heavy atom. The second kappa shape index (κ2) is 7.63. The summed E-state index contributed by atoms with van der Waals surface area (Å²) in [5.74, 6) is 5.29. The Morgan fingerprint density at radius 1 is 1.20 bits per heavy atom. The van der Waals surface area contributed by atoms with Gasteiger partial charge in [-0.3, -0.25) is 10.8 Å². The van der Waals surface area contributed by atoms with Gasteiger partial charge < -0.3 is 15.7 Å². The van der Waals surface area contributed by atoms with Crippen LogP contribution in [0, 0.1) is 0 Å². The van der Waals surface area contributed by atoms with Crippen molar-refractivity contribution in [3.05, 3.63) is 78.5 Å². The largest absolute Gasteiger partial charge is 0.397 e. The van der Waals surface area contributed by atoms with Gasteiger partial charge in [-0.2, -0.15) is 0 Å². The van der Waals surface area contributed by atoms with Gasteiger partial charge in [-0.15, -0.1) is 0 Å². The summed E-state index contributed by atoms with van der Waals surface area (Å²) in [6.45, 7) is 2.17. The fourth-order valence-electron chi connectivity index (χ4n) is 2.86. The van der Waals surface area contributed by atoms with Crippen molar-refractivity contribution in [1.82, 2.24) is 20.0 Å². The number of benzene rings is 1. The van der Waals surface area contributed by atoms with Gasteiger partial charge >= 0.3 is 0 Å². The molecule has 3 aromatic rings. The molecule has 0 saturated heterocycles. The monoisotopic (exact) mass is 334 g/mol. The lowest BCUT2D eigenvalue weighted by atomic mass is 10.0. The summed E-state index contributed by atoms with van der Waals surface area (Å²) in [6.07, 6.45) is 8.11. The molecule has 128 valence electrons. The summed E-state index contributed by atoms with van der Waals surface area (Å²) in [7, 11) is 0. The van der Waals surface area contributed by atoms with E-state index in [1.54, 1.807) is 12.4 Å². The van der Waals surface area contributed by atoms with Crippen LogP contribution in [0.4, 0.5) is 0 Å². The lowest BCUT2D eigenvalue weighted by Crippen LogP contribution is -2.16. The number of nitrogens with two attached hydrogens (primary N) is 2. The molecule has 0 saturated carbocycles. The molecule has 1 atom stereocenters. The Hall–Kier alpha value is -3.12. The molecule has 1 aromatic carbocycles. The number of hydrogen-bond acceptors (Lipinski definition) is 5. The number of hydrogen-bond donors (Lipinski definition) is 3. The lowest BCUT2D eigenvalue weighted by molar-refractivity contribution is 0.566. The zero-order chi connectivity index (χ0) is 17.6. The average molecular weight is 334 g/mol. The van der Waals surface area contributed by atoms with Crippen molar-refractivity contribution in [3.63, 3.8) is 0 Å². The third-order valence-electron chi connectivity index (χ3n) is 4.13. The molecule has 3 rings (SSSR count). The summed E-state index contributed by atoms with van der Waals surface area (Å²) in [5.41, 5.74) is 12.6. The molecule has 0 fully saturated rings. The highest BCUT2D eigenvalue weighted by Gasteiger charge is 2.13. The molecule has 0 aliphatic carbocycles. The van der Waals surface area contributed by atoms with Crippen LogP contribution in [0.15, 0.2) is 67.4 Å². The molecule has 2 aromatic heterocycles. The number of aromatic nitrogens is 3. The van der Waals surface area contributed by atoms with E-state index in [1.165, 1.54) is 5.56 Å². The SMILES string of the molecule is CCC(c1ccccc1)n1cnc(-c2cc(/C(N)=C/NN)ccn2)c1. The van der Waals surface area contributed by atoms with Crippen molar-refractivity contribution in [1.29, 1.82) is 0 Å². The molecule has 0 spiro atoms. The van der Waals surface area contributed by atoms with Crippen LogP contribution in [0.3, 0.4) is 0 Å². The maximum atomic E-state index is 5.97. The third kappa shape index (κ3) is 3.70. The van der Waals surface area contributed by atoms with Crippen LogP contribution in [0.25, 0.3) is 17.1 Å². The van der Waals surface area contributed by atoms with Gasteiger partial charge in [-0.1, -0.05) is 37.3 Å². The van der Waals surface area contributed by atoms with Gasteiger partial charge in [0, 0.05) is 24.2 Å². The van der Waals surface area contributed by atoms with E-state index in [4.69, 9.17) is 11.6 Å². The predicted octanol–water partition coefficient (Wildman–Crippen LogP) is 2.66. The highest BCUT2D eigenvalue weighted by Crippen LogP contribution is 2.25. The number of pyridine rings is 1. The number of nitrogens with zero attached hydrogens (tertiary/aromatic N) is 3. The Kier molecular flexibility index (Phi) is 5.11.